The molecule has 0 saturated heterocycles. The van der Waals surface area contributed by atoms with Crippen molar-refractivity contribution in [3.8, 4) is 0 Å². The largest absolute Gasteiger partial charge is 0.412 e. The van der Waals surface area contributed by atoms with Crippen LogP contribution in [0.25, 0.3) is 4.96 Å². The summed E-state index contributed by atoms with van der Waals surface area (Å²) in [6, 6.07) is 0. The van der Waals surface area contributed by atoms with Crippen LogP contribution in [-0.2, 0) is 0 Å². The number of aromatic nitrogens is 2. The Morgan fingerprint density at radius 2 is 2.20 bits per heavy atom. The maximum Gasteiger partial charge on any atom is 0.412 e. The van der Waals surface area contributed by atoms with Crippen molar-refractivity contribution in [2.45, 2.75) is 12.6 Å². The van der Waals surface area contributed by atoms with E-state index >= 15 is 0 Å². The summed E-state index contributed by atoms with van der Waals surface area (Å²) in [6.07, 6.45) is -0.793. The molecule has 2 aromatic rings. The van der Waals surface area contributed by atoms with E-state index in [2.05, 4.69) is 4.98 Å². The van der Waals surface area contributed by atoms with Gasteiger partial charge in [-0.3, -0.25) is 9.20 Å². The first-order valence-corrected chi connectivity index (χ1v) is 6.80. The van der Waals surface area contributed by atoms with E-state index in [1.54, 1.807) is 20.9 Å². The Kier molecular flexibility index (Phi) is 3.04. The third-order valence-electron chi connectivity index (χ3n) is 3.26. The van der Waals surface area contributed by atoms with Gasteiger partial charge >= 0.3 is 6.18 Å². The summed E-state index contributed by atoms with van der Waals surface area (Å²) in [5.41, 5.74) is -0.132. The van der Waals surface area contributed by atoms with E-state index in [1.165, 1.54) is 11.3 Å². The first-order chi connectivity index (χ1) is 9.50. The molecule has 4 nitrogen and oxygen atoms in total. The summed E-state index contributed by atoms with van der Waals surface area (Å²) in [4.78, 5) is 17.9. The van der Waals surface area contributed by atoms with Crippen molar-refractivity contribution < 1.29 is 18.0 Å². The van der Waals surface area contributed by atoms with Crippen molar-refractivity contribution in [1.29, 1.82) is 0 Å². The molecule has 3 heterocycles. The van der Waals surface area contributed by atoms with E-state index < -0.39 is 11.7 Å². The lowest BCUT2D eigenvalue weighted by Gasteiger charge is -2.27. The summed E-state index contributed by atoms with van der Waals surface area (Å²) < 4.78 is 39.4. The average molecular weight is 301 g/mol. The van der Waals surface area contributed by atoms with Gasteiger partial charge in [-0.1, -0.05) is 6.08 Å². The summed E-state index contributed by atoms with van der Waals surface area (Å²) in [6.45, 7) is 0.317. The smallest absolute Gasteiger partial charge is 0.351 e. The second-order valence-electron chi connectivity index (χ2n) is 4.42. The monoisotopic (exact) mass is 301 g/mol. The van der Waals surface area contributed by atoms with Gasteiger partial charge in [0.2, 0.25) is 0 Å². The number of imidazole rings is 1. The Balaban J connectivity index is 1.92. The lowest BCUT2D eigenvalue weighted by atomic mass is 10.1. The maximum atomic E-state index is 12.6. The van der Waals surface area contributed by atoms with E-state index in [-0.39, 0.29) is 19.5 Å². The van der Waals surface area contributed by atoms with Crippen LogP contribution in [0.5, 0.6) is 0 Å². The van der Waals surface area contributed by atoms with Crippen molar-refractivity contribution in [2.24, 2.45) is 0 Å². The van der Waals surface area contributed by atoms with E-state index in [1.807, 2.05) is 0 Å². The van der Waals surface area contributed by atoms with Crippen LogP contribution in [0.4, 0.5) is 19.0 Å². The number of aldehydes is 1. The van der Waals surface area contributed by atoms with Gasteiger partial charge < -0.3 is 4.90 Å². The maximum absolute atomic E-state index is 12.6. The van der Waals surface area contributed by atoms with Gasteiger partial charge in [0.05, 0.1) is 0 Å². The highest BCUT2D eigenvalue weighted by Crippen LogP contribution is 2.32. The molecule has 1 aliphatic heterocycles. The van der Waals surface area contributed by atoms with E-state index in [9.17, 15) is 18.0 Å². The highest BCUT2D eigenvalue weighted by atomic mass is 32.1. The van der Waals surface area contributed by atoms with Crippen LogP contribution in [-0.4, -0.2) is 34.9 Å². The number of halogens is 3. The van der Waals surface area contributed by atoms with Gasteiger partial charge in [-0.15, -0.1) is 11.3 Å². The van der Waals surface area contributed by atoms with Crippen LogP contribution >= 0.6 is 11.3 Å². The van der Waals surface area contributed by atoms with Crippen molar-refractivity contribution in [3.63, 3.8) is 0 Å². The number of carbonyl (C=O) groups excluding carboxylic acids is 1. The molecule has 8 heteroatoms. The van der Waals surface area contributed by atoms with Crippen LogP contribution < -0.4 is 4.90 Å². The zero-order valence-electron chi connectivity index (χ0n) is 10.2. The Hall–Kier alpha value is -1.83. The molecular formula is C12H10F3N3OS. The molecule has 0 atom stereocenters. The number of anilines is 1. The molecular weight excluding hydrogens is 291 g/mol. The second-order valence-corrected chi connectivity index (χ2v) is 5.29. The molecule has 106 valence electrons. The topological polar surface area (TPSA) is 37.6 Å². The minimum absolute atomic E-state index is 0.0903. The van der Waals surface area contributed by atoms with Crippen LogP contribution in [0.3, 0.4) is 0 Å². The molecule has 20 heavy (non-hydrogen) atoms. The Labute approximate surface area is 116 Å². The van der Waals surface area contributed by atoms with Gasteiger partial charge in [0, 0.05) is 30.2 Å². The molecule has 0 aliphatic carbocycles. The van der Waals surface area contributed by atoms with Gasteiger partial charge in [-0.2, -0.15) is 13.2 Å². The third-order valence-corrected chi connectivity index (χ3v) is 4.02. The van der Waals surface area contributed by atoms with Crippen molar-refractivity contribution in [3.05, 3.63) is 28.9 Å². The minimum Gasteiger partial charge on any atom is -0.351 e. The molecule has 0 N–H and O–H groups in total. The van der Waals surface area contributed by atoms with E-state index in [0.29, 0.717) is 22.8 Å². The number of nitrogens with zero attached hydrogens (tertiary/aromatic N) is 3. The van der Waals surface area contributed by atoms with Gasteiger partial charge in [0.15, 0.2) is 17.1 Å². The lowest BCUT2D eigenvalue weighted by Crippen LogP contribution is -2.32. The molecule has 0 amide bonds. The summed E-state index contributed by atoms with van der Waals surface area (Å²) in [5, 5.41) is 1.80. The van der Waals surface area contributed by atoms with Gasteiger partial charge in [0.1, 0.15) is 5.69 Å². The van der Waals surface area contributed by atoms with Gasteiger partial charge in [0.25, 0.3) is 0 Å². The number of hydrogen-bond acceptors (Lipinski definition) is 4. The summed E-state index contributed by atoms with van der Waals surface area (Å²) >= 11 is 1.38. The quantitative estimate of drug-likeness (QED) is 0.632. The number of rotatable bonds is 2. The third kappa shape index (κ3) is 2.09. The Bertz CT molecular complexity index is 686. The number of carbonyl (C=O) groups is 1. The van der Waals surface area contributed by atoms with Gasteiger partial charge in [-0.05, 0) is 6.42 Å². The number of alkyl halides is 3. The molecule has 0 fully saturated rings. The van der Waals surface area contributed by atoms with Crippen molar-refractivity contribution >= 4 is 28.4 Å². The molecule has 0 unspecified atom stereocenters. The summed E-state index contributed by atoms with van der Waals surface area (Å²) in [5.74, 6) is 0.448. The molecule has 1 aliphatic rings. The first kappa shape index (κ1) is 13.2. The van der Waals surface area contributed by atoms with Crippen molar-refractivity contribution in [1.82, 2.24) is 9.38 Å². The molecule has 3 rings (SSSR count). The van der Waals surface area contributed by atoms with Crippen molar-refractivity contribution in [2.75, 3.05) is 18.0 Å². The fourth-order valence-corrected chi connectivity index (χ4v) is 2.97. The number of thiazole rings is 1. The molecule has 0 bridgehead atoms. The minimum atomic E-state index is -4.27. The second kappa shape index (κ2) is 4.62. The fourth-order valence-electron chi connectivity index (χ4n) is 2.25. The predicted molar refractivity (Wildman–Crippen MR) is 69.4 cm³/mol. The number of hydrogen-bond donors (Lipinski definition) is 0. The molecule has 0 spiro atoms. The predicted octanol–water partition coefficient (Wildman–Crippen LogP) is 2.91. The Morgan fingerprint density at radius 1 is 1.40 bits per heavy atom. The molecule has 0 radical (unpaired) electrons. The average Bonchev–Trinajstić information content (AvgIpc) is 2.97. The Morgan fingerprint density at radius 3 is 2.80 bits per heavy atom. The molecule has 2 aromatic heterocycles. The van der Waals surface area contributed by atoms with Crippen LogP contribution in [0.2, 0.25) is 0 Å². The van der Waals surface area contributed by atoms with E-state index in [4.69, 9.17) is 0 Å². The lowest BCUT2D eigenvalue weighted by molar-refractivity contribution is -0.0944. The zero-order chi connectivity index (χ0) is 14.3. The highest BCUT2D eigenvalue weighted by Gasteiger charge is 2.35. The molecule has 0 saturated carbocycles. The first-order valence-electron chi connectivity index (χ1n) is 5.92. The zero-order valence-corrected chi connectivity index (χ0v) is 11.0. The molecule has 0 aromatic carbocycles. The fraction of sp³-hybridized carbons (Fsp3) is 0.333. The van der Waals surface area contributed by atoms with Crippen LogP contribution in [0, 0.1) is 0 Å². The standard InChI is InChI=1S/C12H10F3N3OS/c13-12(14,15)8-1-3-17(4-2-8)10-9(7-19)18-5-6-20-11(18)16-10/h1,5-7H,2-4H2. The van der Waals surface area contributed by atoms with Gasteiger partial charge in [-0.25, -0.2) is 4.98 Å². The van der Waals surface area contributed by atoms with E-state index in [0.717, 1.165) is 6.08 Å². The summed E-state index contributed by atoms with van der Waals surface area (Å²) in [7, 11) is 0. The number of fused-ring (bicyclic) bond motifs is 1. The SMILES string of the molecule is O=Cc1c(N2CC=C(C(F)(F)F)CC2)nc2sccn12. The highest BCUT2D eigenvalue weighted by molar-refractivity contribution is 7.15. The normalized spacial score (nSPS) is 16.6. The van der Waals surface area contributed by atoms with Crippen LogP contribution in [0.1, 0.15) is 16.9 Å². The van der Waals surface area contributed by atoms with Crippen LogP contribution in [0.15, 0.2) is 23.2 Å².